The Bertz CT molecular complexity index is 843. The Morgan fingerprint density at radius 3 is 2.65 bits per heavy atom. The van der Waals surface area contributed by atoms with Crippen LogP contribution in [0.5, 0.6) is 0 Å². The Balaban J connectivity index is 1.58. The molecule has 116 valence electrons. The second kappa shape index (κ2) is 7.40. The molecule has 0 spiro atoms. The molecule has 0 aliphatic carbocycles. The van der Waals surface area contributed by atoms with Crippen LogP contribution >= 0.6 is 22.9 Å². The highest BCUT2D eigenvalue weighted by Gasteiger charge is 2.16. The van der Waals surface area contributed by atoms with Gasteiger partial charge in [-0.05, 0) is 24.5 Å². The van der Waals surface area contributed by atoms with Gasteiger partial charge >= 0.3 is 0 Å². The first-order valence-electron chi connectivity index (χ1n) is 7.28. The number of carbonyl (C=O) groups excluding carboxylic acids is 1. The summed E-state index contributed by atoms with van der Waals surface area (Å²) in [6.45, 7) is 0. The average Bonchev–Trinajstić information content (AvgIpc) is 2.93. The minimum Gasteiger partial charge on any atom is -0.266 e. The van der Waals surface area contributed by atoms with Crippen molar-refractivity contribution in [2.24, 2.45) is 5.10 Å². The van der Waals surface area contributed by atoms with Crippen LogP contribution in [0.25, 0.3) is 10.1 Å². The van der Waals surface area contributed by atoms with E-state index in [1.165, 1.54) is 16.9 Å². The third-order valence-electron chi connectivity index (χ3n) is 3.40. The summed E-state index contributed by atoms with van der Waals surface area (Å²) >= 11 is 7.64. The number of carbonyl (C=O) groups is 1. The van der Waals surface area contributed by atoms with E-state index < -0.39 is 0 Å². The Morgan fingerprint density at radius 2 is 1.87 bits per heavy atom. The molecule has 0 fully saturated rings. The fraction of sp³-hybridized carbons (Fsp3) is 0.111. The molecule has 0 bridgehead atoms. The van der Waals surface area contributed by atoms with Crippen molar-refractivity contribution in [3.05, 3.63) is 70.1 Å². The highest BCUT2D eigenvalue weighted by atomic mass is 35.5. The summed E-state index contributed by atoms with van der Waals surface area (Å²) in [7, 11) is 0. The van der Waals surface area contributed by atoms with Gasteiger partial charge in [0.1, 0.15) is 4.88 Å². The van der Waals surface area contributed by atoms with Gasteiger partial charge in [0.2, 0.25) is 0 Å². The molecule has 0 saturated heterocycles. The molecule has 3 nitrogen and oxygen atoms in total. The lowest BCUT2D eigenvalue weighted by Crippen LogP contribution is -2.16. The number of aryl methyl sites for hydroxylation is 1. The number of hydrogen-bond acceptors (Lipinski definition) is 3. The van der Waals surface area contributed by atoms with Gasteiger partial charge in [-0.15, -0.1) is 11.3 Å². The number of hydrogen-bond donors (Lipinski definition) is 1. The number of nitrogens with one attached hydrogen (secondary N) is 1. The molecule has 1 N–H and O–H groups in total. The molecule has 1 aromatic heterocycles. The van der Waals surface area contributed by atoms with E-state index in [4.69, 9.17) is 11.6 Å². The topological polar surface area (TPSA) is 41.5 Å². The van der Waals surface area contributed by atoms with Gasteiger partial charge in [-0.25, -0.2) is 5.43 Å². The zero-order chi connectivity index (χ0) is 16.1. The minimum atomic E-state index is -0.271. The number of hydrazone groups is 1. The zero-order valence-corrected chi connectivity index (χ0v) is 13.9. The van der Waals surface area contributed by atoms with Crippen LogP contribution in [0.4, 0.5) is 0 Å². The number of fused-ring (bicyclic) bond motifs is 1. The highest BCUT2D eigenvalue weighted by molar-refractivity contribution is 7.21. The standard InChI is InChI=1S/C18H15ClN2OS/c19-16-14-10-4-5-11-15(14)23-17(16)18(22)21-20-12-6-9-13-7-2-1-3-8-13/h1-5,7-8,10-12H,6,9H2,(H,21,22). The second-order valence-electron chi connectivity index (χ2n) is 5.02. The smallest absolute Gasteiger partial charge is 0.266 e. The number of nitrogens with zero attached hydrogens (tertiary/aromatic N) is 1. The Kier molecular flexibility index (Phi) is 5.05. The SMILES string of the molecule is O=C(NN=CCCc1ccccc1)c1sc2ccccc2c1Cl. The van der Waals surface area contributed by atoms with Crippen LogP contribution in [0.15, 0.2) is 59.7 Å². The molecule has 23 heavy (non-hydrogen) atoms. The molecule has 2 aromatic carbocycles. The van der Waals surface area contributed by atoms with Crippen LogP contribution in [0.3, 0.4) is 0 Å². The number of benzene rings is 2. The first kappa shape index (κ1) is 15.7. The maximum Gasteiger partial charge on any atom is 0.282 e. The van der Waals surface area contributed by atoms with Crippen molar-refractivity contribution in [2.75, 3.05) is 0 Å². The van der Waals surface area contributed by atoms with Crippen LogP contribution in [0.1, 0.15) is 21.7 Å². The molecule has 0 aliphatic rings. The lowest BCUT2D eigenvalue weighted by molar-refractivity contribution is 0.0959. The molecule has 3 aromatic rings. The van der Waals surface area contributed by atoms with Gasteiger partial charge in [0.15, 0.2) is 0 Å². The van der Waals surface area contributed by atoms with E-state index in [1.807, 2.05) is 42.5 Å². The molecule has 5 heteroatoms. The van der Waals surface area contributed by atoms with Crippen molar-refractivity contribution in [1.29, 1.82) is 0 Å². The Morgan fingerprint density at radius 1 is 1.13 bits per heavy atom. The second-order valence-corrected chi connectivity index (χ2v) is 6.45. The highest BCUT2D eigenvalue weighted by Crippen LogP contribution is 2.34. The van der Waals surface area contributed by atoms with Crippen molar-refractivity contribution >= 4 is 45.1 Å². The maximum atomic E-state index is 12.2. The monoisotopic (exact) mass is 342 g/mol. The molecule has 1 heterocycles. The van der Waals surface area contributed by atoms with Crippen molar-refractivity contribution in [2.45, 2.75) is 12.8 Å². The summed E-state index contributed by atoms with van der Waals surface area (Å²) in [6.07, 6.45) is 3.38. The van der Waals surface area contributed by atoms with E-state index >= 15 is 0 Å². The van der Waals surface area contributed by atoms with E-state index in [0.29, 0.717) is 9.90 Å². The molecular weight excluding hydrogens is 328 g/mol. The molecule has 0 unspecified atom stereocenters. The van der Waals surface area contributed by atoms with E-state index in [-0.39, 0.29) is 5.91 Å². The summed E-state index contributed by atoms with van der Waals surface area (Å²) in [5.74, 6) is -0.271. The quantitative estimate of drug-likeness (QED) is 0.520. The molecule has 0 radical (unpaired) electrons. The molecule has 0 aliphatic heterocycles. The number of amides is 1. The van der Waals surface area contributed by atoms with Gasteiger partial charge in [0.05, 0.1) is 5.02 Å². The van der Waals surface area contributed by atoms with Gasteiger partial charge in [-0.2, -0.15) is 5.10 Å². The minimum absolute atomic E-state index is 0.271. The lowest BCUT2D eigenvalue weighted by atomic mass is 10.1. The van der Waals surface area contributed by atoms with E-state index in [1.54, 1.807) is 6.21 Å². The number of rotatable bonds is 5. The summed E-state index contributed by atoms with van der Waals surface area (Å²) < 4.78 is 0.996. The van der Waals surface area contributed by atoms with Gasteiger partial charge < -0.3 is 0 Å². The molecule has 0 saturated carbocycles. The summed E-state index contributed by atoms with van der Waals surface area (Å²) in [4.78, 5) is 12.7. The van der Waals surface area contributed by atoms with E-state index in [2.05, 4.69) is 22.7 Å². The van der Waals surface area contributed by atoms with E-state index in [0.717, 1.165) is 22.9 Å². The van der Waals surface area contributed by atoms with Gasteiger partial charge in [0, 0.05) is 16.3 Å². The third kappa shape index (κ3) is 3.78. The lowest BCUT2D eigenvalue weighted by Gasteiger charge is -1.98. The molecular formula is C18H15ClN2OS. The molecule has 3 rings (SSSR count). The van der Waals surface area contributed by atoms with Crippen molar-refractivity contribution in [3.8, 4) is 0 Å². The zero-order valence-electron chi connectivity index (χ0n) is 12.3. The first-order chi connectivity index (χ1) is 11.3. The largest absolute Gasteiger partial charge is 0.282 e. The molecule has 1 amide bonds. The van der Waals surface area contributed by atoms with Crippen molar-refractivity contribution < 1.29 is 4.79 Å². The fourth-order valence-corrected chi connectivity index (χ4v) is 3.66. The van der Waals surface area contributed by atoms with Crippen LogP contribution in [-0.4, -0.2) is 12.1 Å². The summed E-state index contributed by atoms with van der Waals surface area (Å²) in [6, 6.07) is 17.9. The Hall–Kier alpha value is -2.17. The van der Waals surface area contributed by atoms with Crippen LogP contribution in [-0.2, 0) is 6.42 Å². The summed E-state index contributed by atoms with van der Waals surface area (Å²) in [5, 5.41) is 5.39. The van der Waals surface area contributed by atoms with E-state index in [9.17, 15) is 4.79 Å². The van der Waals surface area contributed by atoms with Crippen LogP contribution in [0, 0.1) is 0 Å². The summed E-state index contributed by atoms with van der Waals surface area (Å²) in [5.41, 5.74) is 3.79. The molecule has 0 atom stereocenters. The Labute approximate surface area is 143 Å². The van der Waals surface area contributed by atoms with Crippen LogP contribution in [0.2, 0.25) is 5.02 Å². The normalized spacial score (nSPS) is 11.2. The van der Waals surface area contributed by atoms with Gasteiger partial charge in [-0.3, -0.25) is 4.79 Å². The fourth-order valence-electron chi connectivity index (χ4n) is 2.26. The maximum absolute atomic E-state index is 12.2. The average molecular weight is 343 g/mol. The number of thiophene rings is 1. The predicted octanol–water partition coefficient (Wildman–Crippen LogP) is 4.90. The third-order valence-corrected chi connectivity index (χ3v) is 5.08. The van der Waals surface area contributed by atoms with Crippen molar-refractivity contribution in [3.63, 3.8) is 0 Å². The number of halogens is 1. The first-order valence-corrected chi connectivity index (χ1v) is 8.48. The predicted molar refractivity (Wildman–Crippen MR) is 97.6 cm³/mol. The van der Waals surface area contributed by atoms with Gasteiger partial charge in [0.25, 0.3) is 5.91 Å². The van der Waals surface area contributed by atoms with Crippen LogP contribution < -0.4 is 5.43 Å². The van der Waals surface area contributed by atoms with Gasteiger partial charge in [-0.1, -0.05) is 60.1 Å². The van der Waals surface area contributed by atoms with Crippen molar-refractivity contribution in [1.82, 2.24) is 5.43 Å².